The van der Waals surface area contributed by atoms with Crippen molar-refractivity contribution in [2.45, 2.75) is 25.5 Å². The molecule has 0 aliphatic rings. The van der Waals surface area contributed by atoms with Crippen molar-refractivity contribution in [3.8, 4) is 17.3 Å². The van der Waals surface area contributed by atoms with Crippen molar-refractivity contribution >= 4 is 45.9 Å². The van der Waals surface area contributed by atoms with Crippen LogP contribution in [0.15, 0.2) is 52.0 Å². The van der Waals surface area contributed by atoms with Crippen LogP contribution in [0.5, 0.6) is 5.75 Å². The monoisotopic (exact) mass is 456 g/mol. The van der Waals surface area contributed by atoms with Gasteiger partial charge >= 0.3 is 0 Å². The van der Waals surface area contributed by atoms with Gasteiger partial charge in [-0.2, -0.15) is 0 Å². The highest BCUT2D eigenvalue weighted by Gasteiger charge is 2.18. The van der Waals surface area contributed by atoms with Gasteiger partial charge in [-0.3, -0.25) is 9.36 Å². The molecule has 2 heterocycles. The topological polar surface area (TPSA) is 82.2 Å². The molecule has 4 rings (SSSR count). The van der Waals surface area contributed by atoms with Crippen LogP contribution in [0.3, 0.4) is 0 Å². The SMILES string of the molecule is CCn1c(SCC(=O)Nc2cc(C)ccc2OC)nnc1-c1cc2cc(Cl)ccc2o1. The summed E-state index contributed by atoms with van der Waals surface area (Å²) in [7, 11) is 1.58. The van der Waals surface area contributed by atoms with Gasteiger partial charge in [0.2, 0.25) is 11.7 Å². The highest BCUT2D eigenvalue weighted by atomic mass is 35.5. The van der Waals surface area contributed by atoms with Crippen LogP contribution in [0.4, 0.5) is 5.69 Å². The molecule has 7 nitrogen and oxygen atoms in total. The van der Waals surface area contributed by atoms with Crippen LogP contribution in [0, 0.1) is 6.92 Å². The molecule has 160 valence electrons. The molecule has 0 fully saturated rings. The molecule has 0 saturated heterocycles. The normalized spacial score (nSPS) is 11.1. The first kappa shape index (κ1) is 21.3. The Labute approximate surface area is 188 Å². The summed E-state index contributed by atoms with van der Waals surface area (Å²) in [6.45, 7) is 4.59. The number of halogens is 1. The van der Waals surface area contributed by atoms with E-state index in [-0.39, 0.29) is 11.7 Å². The molecule has 2 aromatic carbocycles. The number of aromatic nitrogens is 3. The number of benzene rings is 2. The Kier molecular flexibility index (Phi) is 6.20. The van der Waals surface area contributed by atoms with Crippen molar-refractivity contribution in [3.63, 3.8) is 0 Å². The zero-order chi connectivity index (χ0) is 22.0. The number of carbonyl (C=O) groups excluding carboxylic acids is 1. The molecule has 0 unspecified atom stereocenters. The molecule has 1 amide bonds. The number of furan rings is 1. The molecule has 1 N–H and O–H groups in total. The van der Waals surface area contributed by atoms with Gasteiger partial charge in [-0.15, -0.1) is 10.2 Å². The molecule has 0 saturated carbocycles. The van der Waals surface area contributed by atoms with Crippen LogP contribution in [-0.4, -0.2) is 33.5 Å². The maximum atomic E-state index is 12.5. The second-order valence-electron chi connectivity index (χ2n) is 6.88. The number of rotatable bonds is 7. The number of anilines is 1. The van der Waals surface area contributed by atoms with Gasteiger partial charge in [-0.05, 0) is 55.8 Å². The van der Waals surface area contributed by atoms with Crippen LogP contribution < -0.4 is 10.1 Å². The predicted octanol–water partition coefficient (Wildman–Crippen LogP) is 5.41. The van der Waals surface area contributed by atoms with Gasteiger partial charge in [-0.25, -0.2) is 0 Å². The van der Waals surface area contributed by atoms with E-state index in [1.165, 1.54) is 11.8 Å². The third-order valence-electron chi connectivity index (χ3n) is 4.69. The van der Waals surface area contributed by atoms with Crippen LogP contribution >= 0.6 is 23.4 Å². The van der Waals surface area contributed by atoms with Crippen molar-refractivity contribution in [2.24, 2.45) is 0 Å². The van der Waals surface area contributed by atoms with E-state index in [0.717, 1.165) is 16.5 Å². The van der Waals surface area contributed by atoms with Crippen molar-refractivity contribution in [1.29, 1.82) is 0 Å². The van der Waals surface area contributed by atoms with Crippen LogP contribution in [-0.2, 0) is 11.3 Å². The molecule has 0 radical (unpaired) electrons. The number of nitrogens with zero attached hydrogens (tertiary/aromatic N) is 3. The standard InChI is InChI=1S/C22H21ClN4O3S/c1-4-27-21(19-11-14-10-15(23)6-8-17(14)30-19)25-26-22(27)31-12-20(28)24-16-9-13(2)5-7-18(16)29-3/h5-11H,4,12H2,1-3H3,(H,24,28). The summed E-state index contributed by atoms with van der Waals surface area (Å²) < 4.78 is 13.2. The summed E-state index contributed by atoms with van der Waals surface area (Å²) in [5.74, 6) is 1.86. The lowest BCUT2D eigenvalue weighted by atomic mass is 10.2. The minimum absolute atomic E-state index is 0.153. The van der Waals surface area contributed by atoms with Gasteiger partial charge < -0.3 is 14.5 Å². The average Bonchev–Trinajstić information content (AvgIpc) is 3.35. The van der Waals surface area contributed by atoms with Gasteiger partial charge in [0.25, 0.3) is 0 Å². The van der Waals surface area contributed by atoms with Crippen molar-refractivity contribution in [1.82, 2.24) is 14.8 Å². The van der Waals surface area contributed by atoms with E-state index >= 15 is 0 Å². The Morgan fingerprint density at radius 1 is 1.23 bits per heavy atom. The first-order valence-corrected chi connectivity index (χ1v) is 11.0. The molecule has 31 heavy (non-hydrogen) atoms. The molecule has 0 atom stereocenters. The number of nitrogens with one attached hydrogen (secondary N) is 1. The van der Waals surface area contributed by atoms with Gasteiger partial charge in [0.05, 0.1) is 18.6 Å². The summed E-state index contributed by atoms with van der Waals surface area (Å²) in [6.07, 6.45) is 0. The fraction of sp³-hybridized carbons (Fsp3) is 0.227. The maximum Gasteiger partial charge on any atom is 0.234 e. The highest BCUT2D eigenvalue weighted by Crippen LogP contribution is 2.31. The quantitative estimate of drug-likeness (QED) is 0.374. The Hall–Kier alpha value is -2.97. The van der Waals surface area contributed by atoms with Crippen LogP contribution in [0.2, 0.25) is 5.02 Å². The molecule has 0 aliphatic heterocycles. The third kappa shape index (κ3) is 4.55. The van der Waals surface area contributed by atoms with Crippen molar-refractivity contribution < 1.29 is 13.9 Å². The Morgan fingerprint density at radius 2 is 2.06 bits per heavy atom. The molecular formula is C22H21ClN4O3S. The fourth-order valence-corrected chi connectivity index (χ4v) is 4.21. The number of aryl methyl sites for hydroxylation is 1. The number of ether oxygens (including phenoxy) is 1. The molecule has 0 bridgehead atoms. The van der Waals surface area contributed by atoms with Crippen molar-refractivity contribution in [2.75, 3.05) is 18.2 Å². The fourth-order valence-electron chi connectivity index (χ4n) is 3.22. The smallest absolute Gasteiger partial charge is 0.234 e. The first-order chi connectivity index (χ1) is 15.0. The van der Waals surface area contributed by atoms with Crippen LogP contribution in [0.25, 0.3) is 22.6 Å². The zero-order valence-electron chi connectivity index (χ0n) is 17.3. The number of carbonyl (C=O) groups is 1. The third-order valence-corrected chi connectivity index (χ3v) is 5.90. The number of hydrogen-bond donors (Lipinski definition) is 1. The summed E-state index contributed by atoms with van der Waals surface area (Å²) in [5, 5.41) is 13.6. The van der Waals surface area contributed by atoms with Crippen molar-refractivity contribution in [3.05, 3.63) is 53.1 Å². The predicted molar refractivity (Wildman–Crippen MR) is 123 cm³/mol. The van der Waals surface area contributed by atoms with E-state index in [1.54, 1.807) is 13.2 Å². The van der Waals surface area contributed by atoms with Gasteiger partial charge in [-0.1, -0.05) is 29.4 Å². The molecule has 0 aliphatic carbocycles. The average molecular weight is 457 g/mol. The summed E-state index contributed by atoms with van der Waals surface area (Å²) in [5.41, 5.74) is 2.41. The molecule has 2 aromatic heterocycles. The Bertz CT molecular complexity index is 1250. The number of hydrogen-bond acceptors (Lipinski definition) is 6. The number of methoxy groups -OCH3 is 1. The summed E-state index contributed by atoms with van der Waals surface area (Å²) in [6, 6.07) is 13.0. The lowest BCUT2D eigenvalue weighted by molar-refractivity contribution is -0.113. The number of amides is 1. The van der Waals surface area contributed by atoms with Gasteiger partial charge in [0.15, 0.2) is 10.9 Å². The second-order valence-corrected chi connectivity index (χ2v) is 8.26. The molecular weight excluding hydrogens is 436 g/mol. The minimum atomic E-state index is -0.153. The van der Waals surface area contributed by atoms with Crippen LogP contribution in [0.1, 0.15) is 12.5 Å². The first-order valence-electron chi connectivity index (χ1n) is 9.68. The minimum Gasteiger partial charge on any atom is -0.495 e. The van der Waals surface area contributed by atoms with E-state index in [4.69, 9.17) is 20.8 Å². The van der Waals surface area contributed by atoms with E-state index in [0.29, 0.717) is 39.7 Å². The lowest BCUT2D eigenvalue weighted by Gasteiger charge is -2.11. The lowest BCUT2D eigenvalue weighted by Crippen LogP contribution is -2.15. The summed E-state index contributed by atoms with van der Waals surface area (Å²) in [4.78, 5) is 12.5. The van der Waals surface area contributed by atoms with Gasteiger partial charge in [0.1, 0.15) is 11.3 Å². The zero-order valence-corrected chi connectivity index (χ0v) is 18.9. The largest absolute Gasteiger partial charge is 0.495 e. The van der Waals surface area contributed by atoms with E-state index in [9.17, 15) is 4.79 Å². The Balaban J connectivity index is 1.50. The maximum absolute atomic E-state index is 12.5. The number of fused-ring (bicyclic) bond motifs is 1. The highest BCUT2D eigenvalue weighted by molar-refractivity contribution is 7.99. The summed E-state index contributed by atoms with van der Waals surface area (Å²) >= 11 is 7.38. The Morgan fingerprint density at radius 3 is 2.84 bits per heavy atom. The second kappa shape index (κ2) is 9.03. The molecule has 9 heteroatoms. The number of thioether (sulfide) groups is 1. The van der Waals surface area contributed by atoms with E-state index in [1.807, 2.05) is 54.8 Å². The van der Waals surface area contributed by atoms with Gasteiger partial charge in [0, 0.05) is 17.0 Å². The van der Waals surface area contributed by atoms with E-state index in [2.05, 4.69) is 15.5 Å². The molecule has 0 spiro atoms. The molecule has 4 aromatic rings. The van der Waals surface area contributed by atoms with E-state index < -0.39 is 0 Å².